The van der Waals surface area contributed by atoms with Crippen LogP contribution in [0.15, 0.2) is 24.3 Å². The van der Waals surface area contributed by atoms with E-state index in [1.165, 1.54) is 12.1 Å². The summed E-state index contributed by atoms with van der Waals surface area (Å²) in [6.45, 7) is 6.47. The highest BCUT2D eigenvalue weighted by atomic mass is 19.1. The van der Waals surface area contributed by atoms with Crippen LogP contribution < -0.4 is 0 Å². The first kappa shape index (κ1) is 13.4. The molecule has 0 aliphatic heterocycles. The van der Waals surface area contributed by atoms with Gasteiger partial charge >= 0.3 is 0 Å². The predicted molar refractivity (Wildman–Crippen MR) is 69.6 cm³/mol. The number of carbonyl (C=O) groups is 1. The Bertz CT molecular complexity index is 582. The summed E-state index contributed by atoms with van der Waals surface area (Å²) in [6.07, 6.45) is 0.717. The maximum Gasteiger partial charge on any atom is 0.172 e. The third-order valence-electron chi connectivity index (χ3n) is 2.83. The lowest BCUT2D eigenvalue weighted by molar-refractivity contribution is 0.111. The van der Waals surface area contributed by atoms with Crippen molar-refractivity contribution in [1.82, 2.24) is 15.0 Å². The quantitative estimate of drug-likeness (QED) is 0.798. The van der Waals surface area contributed by atoms with E-state index in [2.05, 4.69) is 10.3 Å². The minimum Gasteiger partial charge on any atom is -0.296 e. The van der Waals surface area contributed by atoms with Crippen molar-refractivity contribution in [3.8, 4) is 0 Å². The van der Waals surface area contributed by atoms with Gasteiger partial charge in [0.25, 0.3) is 0 Å². The number of hydrogen-bond acceptors (Lipinski definition) is 3. The van der Waals surface area contributed by atoms with Gasteiger partial charge in [0, 0.05) is 5.41 Å². The van der Waals surface area contributed by atoms with Crippen molar-refractivity contribution in [2.45, 2.75) is 32.7 Å². The molecule has 0 fully saturated rings. The fourth-order valence-corrected chi connectivity index (χ4v) is 2.05. The zero-order chi connectivity index (χ0) is 14.0. The number of rotatable bonds is 3. The summed E-state index contributed by atoms with van der Waals surface area (Å²) in [7, 11) is 0. The van der Waals surface area contributed by atoms with Crippen LogP contribution in [-0.2, 0) is 12.0 Å². The molecule has 5 heteroatoms. The van der Waals surface area contributed by atoms with Crippen LogP contribution in [0.25, 0.3) is 0 Å². The number of benzene rings is 1. The Morgan fingerprint density at radius 3 is 2.42 bits per heavy atom. The van der Waals surface area contributed by atoms with Crippen LogP contribution in [0.2, 0.25) is 0 Å². The lowest BCUT2D eigenvalue weighted by atomic mass is 9.90. The highest BCUT2D eigenvalue weighted by Gasteiger charge is 2.25. The molecule has 0 saturated carbocycles. The van der Waals surface area contributed by atoms with Crippen LogP contribution in [0.1, 0.15) is 42.5 Å². The van der Waals surface area contributed by atoms with E-state index in [1.807, 2.05) is 20.8 Å². The molecule has 1 heterocycles. The van der Waals surface area contributed by atoms with Crippen LogP contribution in [-0.4, -0.2) is 21.3 Å². The van der Waals surface area contributed by atoms with Gasteiger partial charge < -0.3 is 0 Å². The highest BCUT2D eigenvalue weighted by Crippen LogP contribution is 2.24. The van der Waals surface area contributed by atoms with Gasteiger partial charge in [0.2, 0.25) is 0 Å². The fraction of sp³-hybridized carbons (Fsp3) is 0.357. The molecule has 0 atom stereocenters. The van der Waals surface area contributed by atoms with E-state index in [0.717, 1.165) is 17.5 Å². The van der Waals surface area contributed by atoms with E-state index in [4.69, 9.17) is 0 Å². The molecular weight excluding hydrogens is 245 g/mol. The largest absolute Gasteiger partial charge is 0.296 e. The number of carbonyl (C=O) groups excluding carboxylic acids is 1. The predicted octanol–water partition coefficient (Wildman–Crippen LogP) is 2.58. The summed E-state index contributed by atoms with van der Waals surface area (Å²) in [5.74, 6) is -0.271. The number of aromatic nitrogens is 3. The van der Waals surface area contributed by atoms with Gasteiger partial charge in [0.05, 0.1) is 12.2 Å². The first-order valence-corrected chi connectivity index (χ1v) is 6.05. The van der Waals surface area contributed by atoms with Gasteiger partial charge in [-0.3, -0.25) is 4.79 Å². The van der Waals surface area contributed by atoms with Gasteiger partial charge in [0.15, 0.2) is 6.29 Å². The van der Waals surface area contributed by atoms with Crippen molar-refractivity contribution in [2.24, 2.45) is 0 Å². The van der Waals surface area contributed by atoms with Gasteiger partial charge in [-0.25, -0.2) is 9.07 Å². The monoisotopic (exact) mass is 261 g/mol. The molecule has 2 rings (SSSR count). The van der Waals surface area contributed by atoms with Gasteiger partial charge in [-0.2, -0.15) is 0 Å². The van der Waals surface area contributed by atoms with Gasteiger partial charge in [-0.1, -0.05) is 38.1 Å². The summed E-state index contributed by atoms with van der Waals surface area (Å²) in [4.78, 5) is 11.0. The number of hydrogen-bond donors (Lipinski definition) is 0. The van der Waals surface area contributed by atoms with Gasteiger partial charge in [-0.05, 0) is 17.7 Å². The van der Waals surface area contributed by atoms with E-state index in [-0.39, 0.29) is 11.2 Å². The van der Waals surface area contributed by atoms with Crippen molar-refractivity contribution in [1.29, 1.82) is 0 Å². The molecule has 0 bridgehead atoms. The van der Waals surface area contributed by atoms with Crippen molar-refractivity contribution >= 4 is 6.29 Å². The SMILES string of the molecule is CC(C)(C)c1c(C=O)nnn1Cc1ccc(F)cc1. The summed E-state index contributed by atoms with van der Waals surface area (Å²) < 4.78 is 14.6. The van der Waals surface area contributed by atoms with Gasteiger partial charge in [0.1, 0.15) is 11.5 Å². The van der Waals surface area contributed by atoms with Crippen molar-refractivity contribution in [3.63, 3.8) is 0 Å². The highest BCUT2D eigenvalue weighted by molar-refractivity contribution is 5.73. The average molecular weight is 261 g/mol. The third-order valence-corrected chi connectivity index (χ3v) is 2.83. The Kier molecular flexibility index (Phi) is 3.46. The normalized spacial score (nSPS) is 11.6. The summed E-state index contributed by atoms with van der Waals surface area (Å²) in [5, 5.41) is 7.90. The molecule has 0 spiro atoms. The molecule has 1 aromatic heterocycles. The Hall–Kier alpha value is -2.04. The number of aldehydes is 1. The third kappa shape index (κ3) is 2.86. The summed E-state index contributed by atoms with van der Waals surface area (Å²) in [5.41, 5.74) is 1.82. The minimum atomic E-state index is -0.271. The van der Waals surface area contributed by atoms with Crippen LogP contribution in [0.4, 0.5) is 4.39 Å². The second kappa shape index (κ2) is 4.91. The Morgan fingerprint density at radius 1 is 1.26 bits per heavy atom. The topological polar surface area (TPSA) is 47.8 Å². The van der Waals surface area contributed by atoms with E-state index in [9.17, 15) is 9.18 Å². The summed E-state index contributed by atoms with van der Waals surface area (Å²) >= 11 is 0. The standard InChI is InChI=1S/C14H16FN3O/c1-14(2,3)13-12(9-19)16-17-18(13)8-10-4-6-11(15)7-5-10/h4-7,9H,8H2,1-3H3. The maximum absolute atomic E-state index is 12.9. The summed E-state index contributed by atoms with van der Waals surface area (Å²) in [6, 6.07) is 6.21. The molecule has 1 aromatic carbocycles. The van der Waals surface area contributed by atoms with E-state index >= 15 is 0 Å². The zero-order valence-electron chi connectivity index (χ0n) is 11.2. The lowest BCUT2D eigenvalue weighted by Crippen LogP contribution is -2.20. The van der Waals surface area contributed by atoms with E-state index in [0.29, 0.717) is 12.2 Å². The molecule has 0 radical (unpaired) electrons. The number of halogens is 1. The lowest BCUT2D eigenvalue weighted by Gasteiger charge is -2.20. The first-order chi connectivity index (χ1) is 8.91. The molecule has 2 aromatic rings. The molecule has 0 amide bonds. The van der Waals surface area contributed by atoms with Crippen LogP contribution in [0.3, 0.4) is 0 Å². The van der Waals surface area contributed by atoms with Crippen molar-refractivity contribution < 1.29 is 9.18 Å². The van der Waals surface area contributed by atoms with E-state index in [1.54, 1.807) is 16.8 Å². The average Bonchev–Trinajstić information content (AvgIpc) is 2.75. The molecule has 19 heavy (non-hydrogen) atoms. The fourth-order valence-electron chi connectivity index (χ4n) is 2.05. The Labute approximate surface area is 111 Å². The van der Waals surface area contributed by atoms with Crippen LogP contribution in [0.5, 0.6) is 0 Å². The minimum absolute atomic E-state index is 0.236. The van der Waals surface area contributed by atoms with Crippen LogP contribution >= 0.6 is 0 Å². The molecule has 0 saturated heterocycles. The molecular formula is C14H16FN3O. The number of nitrogens with zero attached hydrogens (tertiary/aromatic N) is 3. The Morgan fingerprint density at radius 2 is 1.89 bits per heavy atom. The second-order valence-electron chi connectivity index (χ2n) is 5.48. The van der Waals surface area contributed by atoms with Gasteiger partial charge in [-0.15, -0.1) is 5.10 Å². The Balaban J connectivity index is 2.38. The van der Waals surface area contributed by atoms with Crippen molar-refractivity contribution in [2.75, 3.05) is 0 Å². The molecule has 0 unspecified atom stereocenters. The van der Waals surface area contributed by atoms with Crippen molar-refractivity contribution in [3.05, 3.63) is 47.0 Å². The first-order valence-electron chi connectivity index (χ1n) is 6.05. The molecule has 4 nitrogen and oxygen atoms in total. The van der Waals surface area contributed by atoms with E-state index < -0.39 is 0 Å². The second-order valence-corrected chi connectivity index (χ2v) is 5.48. The maximum atomic E-state index is 12.9. The molecule has 0 N–H and O–H groups in total. The molecule has 100 valence electrons. The molecule has 0 aliphatic rings. The van der Waals surface area contributed by atoms with Crippen LogP contribution in [0, 0.1) is 5.82 Å². The smallest absolute Gasteiger partial charge is 0.172 e. The zero-order valence-corrected chi connectivity index (χ0v) is 11.2. The molecule has 0 aliphatic carbocycles.